The number of pyridine rings is 1. The molecule has 1 aromatic heterocycles. The average molecular weight is 251 g/mol. The van der Waals surface area contributed by atoms with Crippen molar-refractivity contribution < 1.29 is 4.74 Å². The molecule has 0 aliphatic carbocycles. The summed E-state index contributed by atoms with van der Waals surface area (Å²) in [6, 6.07) is 5.74. The molecule has 0 saturated carbocycles. The standard InChI is InChI=1S/C10H14N2O.2ClH/c1-2-7-12-10(5-1)13-9-4-3-6-11-8-9;;/h1-2,5,7,9,11H,3-4,6,8H2;2*1H. The van der Waals surface area contributed by atoms with Gasteiger partial charge >= 0.3 is 0 Å². The summed E-state index contributed by atoms with van der Waals surface area (Å²) < 4.78 is 5.68. The number of hydrogen-bond donors (Lipinski definition) is 1. The lowest BCUT2D eigenvalue weighted by atomic mass is 10.1. The molecular formula is C10H16Cl2N2O. The Kier molecular flexibility index (Phi) is 7.48. The summed E-state index contributed by atoms with van der Waals surface area (Å²) in [5.74, 6) is 0.733. The Morgan fingerprint density at radius 2 is 2.20 bits per heavy atom. The van der Waals surface area contributed by atoms with Crippen molar-refractivity contribution in [3.63, 3.8) is 0 Å². The molecule has 1 fully saturated rings. The zero-order valence-corrected chi connectivity index (χ0v) is 10.0. The quantitative estimate of drug-likeness (QED) is 0.873. The molecule has 0 amide bonds. The molecule has 0 spiro atoms. The van der Waals surface area contributed by atoms with E-state index in [1.54, 1.807) is 6.20 Å². The third-order valence-electron chi connectivity index (χ3n) is 2.18. The Hall–Kier alpha value is -0.510. The van der Waals surface area contributed by atoms with Gasteiger partial charge in [-0.3, -0.25) is 0 Å². The number of nitrogens with one attached hydrogen (secondary N) is 1. The van der Waals surface area contributed by atoms with E-state index < -0.39 is 0 Å². The van der Waals surface area contributed by atoms with Crippen molar-refractivity contribution >= 4 is 24.8 Å². The lowest BCUT2D eigenvalue weighted by Crippen LogP contribution is -2.37. The number of nitrogens with zero attached hydrogens (tertiary/aromatic N) is 1. The zero-order valence-electron chi connectivity index (χ0n) is 8.39. The van der Waals surface area contributed by atoms with E-state index in [4.69, 9.17) is 4.74 Å². The smallest absolute Gasteiger partial charge is 0.213 e. The molecule has 1 N–H and O–H groups in total. The van der Waals surface area contributed by atoms with Gasteiger partial charge in [0, 0.05) is 18.8 Å². The van der Waals surface area contributed by atoms with Crippen LogP contribution in [0.25, 0.3) is 0 Å². The van der Waals surface area contributed by atoms with Gasteiger partial charge in [0.05, 0.1) is 0 Å². The number of aromatic nitrogens is 1. The van der Waals surface area contributed by atoms with Gasteiger partial charge in [-0.25, -0.2) is 4.98 Å². The Morgan fingerprint density at radius 1 is 1.33 bits per heavy atom. The molecule has 3 nitrogen and oxygen atoms in total. The molecule has 0 aromatic carbocycles. The van der Waals surface area contributed by atoms with Crippen LogP contribution in [0.4, 0.5) is 0 Å². The fourth-order valence-electron chi connectivity index (χ4n) is 1.51. The summed E-state index contributed by atoms with van der Waals surface area (Å²) in [4.78, 5) is 4.12. The predicted molar refractivity (Wildman–Crippen MR) is 65.3 cm³/mol. The minimum atomic E-state index is 0. The minimum Gasteiger partial charge on any atom is -0.473 e. The van der Waals surface area contributed by atoms with Gasteiger partial charge in [-0.2, -0.15) is 0 Å². The van der Waals surface area contributed by atoms with Crippen LogP contribution in [0.3, 0.4) is 0 Å². The zero-order chi connectivity index (χ0) is 8.93. The maximum Gasteiger partial charge on any atom is 0.213 e. The van der Waals surface area contributed by atoms with Gasteiger partial charge in [-0.15, -0.1) is 24.8 Å². The SMILES string of the molecule is Cl.Cl.c1ccc(OC2CCCNC2)nc1. The number of piperidine rings is 1. The van der Waals surface area contributed by atoms with Crippen molar-refractivity contribution in [2.24, 2.45) is 0 Å². The van der Waals surface area contributed by atoms with Crippen LogP contribution in [0.15, 0.2) is 24.4 Å². The van der Waals surface area contributed by atoms with E-state index in [-0.39, 0.29) is 24.8 Å². The third kappa shape index (κ3) is 4.69. The van der Waals surface area contributed by atoms with E-state index in [1.165, 1.54) is 6.42 Å². The van der Waals surface area contributed by atoms with Crippen LogP contribution in [-0.2, 0) is 0 Å². The van der Waals surface area contributed by atoms with Crippen molar-refractivity contribution in [2.75, 3.05) is 13.1 Å². The molecule has 2 heterocycles. The molecule has 0 radical (unpaired) electrons. The topological polar surface area (TPSA) is 34.1 Å². The fourth-order valence-corrected chi connectivity index (χ4v) is 1.51. The second-order valence-corrected chi connectivity index (χ2v) is 3.25. The molecule has 0 bridgehead atoms. The molecular weight excluding hydrogens is 235 g/mol. The van der Waals surface area contributed by atoms with Crippen LogP contribution in [0.2, 0.25) is 0 Å². The van der Waals surface area contributed by atoms with Gasteiger partial charge in [0.25, 0.3) is 0 Å². The van der Waals surface area contributed by atoms with Gasteiger partial charge in [-0.1, -0.05) is 6.07 Å². The highest BCUT2D eigenvalue weighted by Crippen LogP contribution is 2.11. The van der Waals surface area contributed by atoms with E-state index in [9.17, 15) is 0 Å². The second kappa shape index (κ2) is 7.74. The van der Waals surface area contributed by atoms with E-state index in [1.807, 2.05) is 18.2 Å². The summed E-state index contributed by atoms with van der Waals surface area (Å²) in [5, 5.41) is 3.30. The van der Waals surface area contributed by atoms with Crippen LogP contribution in [-0.4, -0.2) is 24.2 Å². The second-order valence-electron chi connectivity index (χ2n) is 3.25. The van der Waals surface area contributed by atoms with E-state index >= 15 is 0 Å². The van der Waals surface area contributed by atoms with Crippen LogP contribution >= 0.6 is 24.8 Å². The highest BCUT2D eigenvalue weighted by Gasteiger charge is 2.14. The van der Waals surface area contributed by atoms with Crippen molar-refractivity contribution in [1.29, 1.82) is 0 Å². The van der Waals surface area contributed by atoms with Gasteiger partial charge in [0.1, 0.15) is 6.10 Å². The molecule has 1 aromatic rings. The number of hydrogen-bond acceptors (Lipinski definition) is 3. The lowest BCUT2D eigenvalue weighted by molar-refractivity contribution is 0.160. The Balaban J connectivity index is 0.000000980. The monoisotopic (exact) mass is 250 g/mol. The molecule has 2 rings (SSSR count). The first-order valence-corrected chi connectivity index (χ1v) is 4.73. The van der Waals surface area contributed by atoms with Crippen LogP contribution < -0.4 is 10.1 Å². The average Bonchev–Trinajstić information content (AvgIpc) is 2.21. The summed E-state index contributed by atoms with van der Waals surface area (Å²) in [7, 11) is 0. The molecule has 15 heavy (non-hydrogen) atoms. The van der Waals surface area contributed by atoms with Crippen molar-refractivity contribution in [2.45, 2.75) is 18.9 Å². The van der Waals surface area contributed by atoms with E-state index in [0.29, 0.717) is 6.10 Å². The Bertz CT molecular complexity index is 253. The highest BCUT2D eigenvalue weighted by atomic mass is 35.5. The largest absolute Gasteiger partial charge is 0.473 e. The lowest BCUT2D eigenvalue weighted by Gasteiger charge is -2.23. The first-order chi connectivity index (χ1) is 6.45. The van der Waals surface area contributed by atoms with Crippen LogP contribution in [0.1, 0.15) is 12.8 Å². The van der Waals surface area contributed by atoms with Crippen molar-refractivity contribution in [3.05, 3.63) is 24.4 Å². The van der Waals surface area contributed by atoms with Crippen LogP contribution in [0.5, 0.6) is 5.88 Å². The van der Waals surface area contributed by atoms with E-state index in [0.717, 1.165) is 25.4 Å². The molecule has 1 aliphatic rings. The van der Waals surface area contributed by atoms with Gasteiger partial charge in [0.15, 0.2) is 0 Å². The molecule has 86 valence electrons. The van der Waals surface area contributed by atoms with Gasteiger partial charge in [-0.05, 0) is 25.5 Å². The fraction of sp³-hybridized carbons (Fsp3) is 0.500. The molecule has 1 aliphatic heterocycles. The number of halogens is 2. The molecule has 1 unspecified atom stereocenters. The number of rotatable bonds is 2. The van der Waals surface area contributed by atoms with Gasteiger partial charge in [0.2, 0.25) is 5.88 Å². The van der Waals surface area contributed by atoms with E-state index in [2.05, 4.69) is 10.3 Å². The highest BCUT2D eigenvalue weighted by molar-refractivity contribution is 5.85. The first kappa shape index (κ1) is 14.5. The summed E-state index contributed by atoms with van der Waals surface area (Å²) in [6.45, 7) is 2.05. The first-order valence-electron chi connectivity index (χ1n) is 4.73. The predicted octanol–water partition coefficient (Wildman–Crippen LogP) is 2.06. The molecule has 1 atom stereocenters. The number of ether oxygens (including phenoxy) is 1. The minimum absolute atomic E-state index is 0. The molecule has 5 heteroatoms. The normalized spacial score (nSPS) is 19.6. The van der Waals surface area contributed by atoms with Crippen molar-refractivity contribution in [1.82, 2.24) is 10.3 Å². The van der Waals surface area contributed by atoms with Gasteiger partial charge < -0.3 is 10.1 Å². The Morgan fingerprint density at radius 3 is 2.80 bits per heavy atom. The third-order valence-corrected chi connectivity index (χ3v) is 2.18. The van der Waals surface area contributed by atoms with Crippen molar-refractivity contribution in [3.8, 4) is 5.88 Å². The maximum atomic E-state index is 5.68. The molecule has 1 saturated heterocycles. The summed E-state index contributed by atoms with van der Waals surface area (Å²) >= 11 is 0. The summed E-state index contributed by atoms with van der Waals surface area (Å²) in [6.07, 6.45) is 4.37. The van der Waals surface area contributed by atoms with Crippen LogP contribution in [0, 0.1) is 0 Å². The Labute approximate surface area is 102 Å². The summed E-state index contributed by atoms with van der Waals surface area (Å²) in [5.41, 5.74) is 0. The maximum absolute atomic E-state index is 5.68.